The maximum atomic E-state index is 13.7. The Kier molecular flexibility index (Phi) is 9.98. The van der Waals surface area contributed by atoms with E-state index in [0.717, 1.165) is 18.1 Å². The molecule has 11 nitrogen and oxygen atoms in total. The smallest absolute Gasteiger partial charge is 0.220 e. The van der Waals surface area contributed by atoms with E-state index in [4.69, 9.17) is 4.74 Å². The van der Waals surface area contributed by atoms with Crippen LogP contribution in [0.1, 0.15) is 131 Å². The van der Waals surface area contributed by atoms with Crippen molar-refractivity contribution in [3.8, 4) is 11.5 Å². The molecule has 0 spiro atoms. The van der Waals surface area contributed by atoms with Gasteiger partial charge in [-0.15, -0.1) is 0 Å². The summed E-state index contributed by atoms with van der Waals surface area (Å²) < 4.78 is 6.64. The molecule has 1 amide bonds. The highest BCUT2D eigenvalue weighted by Gasteiger charge is 2.61. The van der Waals surface area contributed by atoms with Gasteiger partial charge in [-0.1, -0.05) is 41.5 Å². The molecule has 1 heterocycles. The van der Waals surface area contributed by atoms with E-state index in [1.165, 1.54) is 13.0 Å². The second kappa shape index (κ2) is 13.4. The molecule has 4 aliphatic rings. The third-order valence-electron chi connectivity index (χ3n) is 14.0. The Morgan fingerprint density at radius 1 is 0.868 bits per heavy atom. The highest BCUT2D eigenvalue weighted by atomic mass is 16.6. The first kappa shape index (κ1) is 39.3. The van der Waals surface area contributed by atoms with Gasteiger partial charge in [-0.25, -0.2) is 0 Å². The molecule has 0 radical (unpaired) electrons. The minimum Gasteiger partial charge on any atom is -0.504 e. The normalized spacial score (nSPS) is 34.5. The van der Waals surface area contributed by atoms with Crippen LogP contribution in [0.2, 0.25) is 0 Å². The fourth-order valence-corrected chi connectivity index (χ4v) is 11.0. The lowest BCUT2D eigenvalue weighted by Gasteiger charge is -2.52. The molecule has 2 aromatic carbocycles. The van der Waals surface area contributed by atoms with Crippen molar-refractivity contribution in [2.24, 2.45) is 34.5 Å². The number of fused-ring (bicyclic) bond motifs is 2. The number of aromatic hydroxyl groups is 2. The molecule has 11 heteroatoms. The average molecular weight is 736 g/mol. The lowest BCUT2D eigenvalue weighted by atomic mass is 9.59. The van der Waals surface area contributed by atoms with Gasteiger partial charge in [-0.2, -0.15) is 0 Å². The minimum absolute atomic E-state index is 0.00684. The summed E-state index contributed by atoms with van der Waals surface area (Å²) in [4.78, 5) is 39.1. The summed E-state index contributed by atoms with van der Waals surface area (Å²) in [6.45, 7) is 16.7. The highest BCUT2D eigenvalue weighted by molar-refractivity contribution is 5.73. The van der Waals surface area contributed by atoms with Crippen molar-refractivity contribution < 1.29 is 40.2 Å². The minimum atomic E-state index is -2.28. The van der Waals surface area contributed by atoms with Gasteiger partial charge in [0.05, 0.1) is 6.10 Å². The zero-order valence-corrected chi connectivity index (χ0v) is 32.4. The molecule has 0 saturated heterocycles. The summed E-state index contributed by atoms with van der Waals surface area (Å²) in [6.07, 6.45) is -2.98. The van der Waals surface area contributed by atoms with Crippen LogP contribution in [0.4, 0.5) is 0 Å². The molecular weight excluding hydrogens is 678 g/mol. The fourth-order valence-electron chi connectivity index (χ4n) is 11.0. The summed E-state index contributed by atoms with van der Waals surface area (Å²) in [6, 6.07) is 4.02. The summed E-state index contributed by atoms with van der Waals surface area (Å²) in [5.41, 5.74) is -0.333. The van der Waals surface area contributed by atoms with Crippen LogP contribution in [0.15, 0.2) is 27.8 Å². The molecule has 2 aromatic rings. The third kappa shape index (κ3) is 6.02. The molecule has 0 bridgehead atoms. The molecule has 11 atom stereocenters. The van der Waals surface area contributed by atoms with E-state index >= 15 is 0 Å². The Labute approximate surface area is 311 Å². The Morgan fingerprint density at radius 3 is 2.04 bits per heavy atom. The van der Waals surface area contributed by atoms with Gasteiger partial charge in [0.25, 0.3) is 0 Å². The van der Waals surface area contributed by atoms with Crippen LogP contribution in [-0.2, 0) is 21.7 Å². The van der Waals surface area contributed by atoms with E-state index in [2.05, 4.69) is 19.2 Å². The van der Waals surface area contributed by atoms with E-state index in [1.54, 1.807) is 19.9 Å². The second-order valence-corrected chi connectivity index (χ2v) is 17.8. The molecular formula is C42H57NO10. The van der Waals surface area contributed by atoms with Crippen LogP contribution in [0.5, 0.6) is 11.5 Å². The largest absolute Gasteiger partial charge is 0.504 e. The van der Waals surface area contributed by atoms with Gasteiger partial charge in [0.1, 0.15) is 12.2 Å². The summed E-state index contributed by atoms with van der Waals surface area (Å²) in [7, 11) is 0. The summed E-state index contributed by atoms with van der Waals surface area (Å²) in [5.74, 6) is -4.11. The molecule has 290 valence electrons. The monoisotopic (exact) mass is 735 g/mol. The number of aliphatic hydroxyl groups is 4. The van der Waals surface area contributed by atoms with Crippen molar-refractivity contribution in [2.45, 2.75) is 137 Å². The second-order valence-electron chi connectivity index (χ2n) is 17.8. The van der Waals surface area contributed by atoms with Crippen LogP contribution in [0.3, 0.4) is 0 Å². The zero-order valence-electron chi connectivity index (χ0n) is 32.4. The standard InChI is InChI=1S/C42H57NO10/c1-18(2)25-10-12-40(8,38(50)39(51)43-22(7)44)32(25)27-15-24(16-29(46)34(47)20(27)5)42(52)17-23-14-28(45)35(48)21(6)30-31(23)36(53-42)37(49)41(9)13-11-26(19(3)4)33(30)41/h14-16,18-19,25-26,32-33,36-39,49-52H,10-13,17H2,1-9H3,(H,43,44)(H,45,48)(H,46,47). The van der Waals surface area contributed by atoms with Crippen molar-refractivity contribution >= 4 is 5.91 Å². The molecule has 0 aromatic heterocycles. The van der Waals surface area contributed by atoms with E-state index < -0.39 is 69.6 Å². The predicted molar refractivity (Wildman–Crippen MR) is 198 cm³/mol. The van der Waals surface area contributed by atoms with Crippen LogP contribution in [0.25, 0.3) is 0 Å². The topological polar surface area (TPSA) is 194 Å². The molecule has 2 fully saturated rings. The molecule has 7 N–H and O–H groups in total. The molecule has 2 saturated carbocycles. The highest BCUT2D eigenvalue weighted by Crippen LogP contribution is 2.65. The molecule has 1 aliphatic heterocycles. The van der Waals surface area contributed by atoms with Crippen molar-refractivity contribution in [3.05, 3.63) is 77.6 Å². The Morgan fingerprint density at radius 2 is 1.43 bits per heavy atom. The number of aliphatic hydroxyl groups excluding tert-OH is 3. The van der Waals surface area contributed by atoms with E-state index in [0.29, 0.717) is 41.5 Å². The van der Waals surface area contributed by atoms with Gasteiger partial charge in [-0.3, -0.25) is 14.4 Å². The first-order valence-electron chi connectivity index (χ1n) is 19.1. The van der Waals surface area contributed by atoms with Gasteiger partial charge in [-0.05, 0) is 127 Å². The van der Waals surface area contributed by atoms with E-state index in [1.807, 2.05) is 27.7 Å². The fraction of sp³-hybridized carbons (Fsp3) is 0.643. The number of hydrogen-bond acceptors (Lipinski definition) is 10. The van der Waals surface area contributed by atoms with Crippen LogP contribution < -0.4 is 16.2 Å². The number of amides is 1. The van der Waals surface area contributed by atoms with Crippen molar-refractivity contribution in [3.63, 3.8) is 0 Å². The quantitative estimate of drug-likeness (QED) is 0.201. The summed E-state index contributed by atoms with van der Waals surface area (Å²) in [5, 5.41) is 72.5. The first-order valence-corrected chi connectivity index (χ1v) is 19.1. The Balaban J connectivity index is 1.59. The van der Waals surface area contributed by atoms with Gasteiger partial charge >= 0.3 is 0 Å². The maximum Gasteiger partial charge on any atom is 0.220 e. The number of hydrogen-bond donors (Lipinski definition) is 7. The molecule has 3 aliphatic carbocycles. The molecule has 6 rings (SSSR count). The van der Waals surface area contributed by atoms with Crippen LogP contribution in [0, 0.1) is 48.3 Å². The van der Waals surface area contributed by atoms with Crippen molar-refractivity contribution in [1.29, 1.82) is 0 Å². The Bertz CT molecular complexity index is 1950. The van der Waals surface area contributed by atoms with Gasteiger partial charge in [0.2, 0.25) is 16.8 Å². The lowest BCUT2D eigenvalue weighted by molar-refractivity contribution is -0.279. The number of nitrogens with one attached hydrogen (secondary N) is 1. The van der Waals surface area contributed by atoms with Crippen molar-refractivity contribution in [2.75, 3.05) is 0 Å². The lowest BCUT2D eigenvalue weighted by Crippen LogP contribution is -2.51. The third-order valence-corrected chi connectivity index (χ3v) is 14.0. The van der Waals surface area contributed by atoms with Gasteiger partial charge in [0, 0.05) is 29.7 Å². The molecule has 11 unspecified atom stereocenters. The first-order chi connectivity index (χ1) is 24.6. The predicted octanol–water partition coefficient (Wildman–Crippen LogP) is 4.40. The summed E-state index contributed by atoms with van der Waals surface area (Å²) >= 11 is 0. The Hall–Kier alpha value is -3.35. The van der Waals surface area contributed by atoms with E-state index in [-0.39, 0.29) is 52.9 Å². The van der Waals surface area contributed by atoms with Crippen LogP contribution >= 0.6 is 0 Å². The number of ether oxygens (including phenoxy) is 1. The van der Waals surface area contributed by atoms with Crippen molar-refractivity contribution in [1.82, 2.24) is 5.32 Å². The van der Waals surface area contributed by atoms with E-state index in [9.17, 15) is 45.0 Å². The zero-order chi connectivity index (χ0) is 39.3. The van der Waals surface area contributed by atoms with Gasteiger partial charge < -0.3 is 40.7 Å². The number of carbonyl (C=O) groups is 1. The number of carbonyl (C=O) groups excluding carboxylic acids is 1. The van der Waals surface area contributed by atoms with Crippen LogP contribution in [-0.4, -0.2) is 55.0 Å². The maximum absolute atomic E-state index is 13.7. The SMILES string of the molecule is CC(=O)NC(O)C(O)C1(C)CCC(C(C)C)C1c1cc(C2(O)Cc3cc(=O)c(O)c(C)c4c3C(O2)C(O)C2(C)CCC(C(C)C)C42)cc(=O)c(O)c1C. The average Bonchev–Trinajstić information content (AvgIpc) is 3.57. The number of rotatable bonds is 7. The van der Waals surface area contributed by atoms with Gasteiger partial charge in [0.15, 0.2) is 23.5 Å². The molecule has 53 heavy (non-hydrogen) atoms.